The van der Waals surface area contributed by atoms with Crippen LogP contribution in [0.15, 0.2) is 48.5 Å². The number of nitrogens with one attached hydrogen (secondary N) is 4. The number of hydrogen-bond acceptors (Lipinski definition) is 6. The number of amidine groups is 1. The lowest BCUT2D eigenvalue weighted by Gasteiger charge is -2.19. The summed E-state index contributed by atoms with van der Waals surface area (Å²) in [7, 11) is 0. The van der Waals surface area contributed by atoms with Gasteiger partial charge in [-0.2, -0.15) is 0 Å². The van der Waals surface area contributed by atoms with Crippen molar-refractivity contribution in [3.8, 4) is 0 Å². The molecular formula is C20H22N6O6. The van der Waals surface area contributed by atoms with E-state index in [4.69, 9.17) is 16.2 Å². The van der Waals surface area contributed by atoms with Gasteiger partial charge < -0.3 is 26.8 Å². The number of hydrogen-bond donors (Lipinski definition) is 6. The van der Waals surface area contributed by atoms with Crippen molar-refractivity contribution in [2.24, 2.45) is 5.73 Å². The van der Waals surface area contributed by atoms with E-state index in [1.54, 1.807) is 24.3 Å². The zero-order chi connectivity index (χ0) is 23.7. The number of nitrogens with zero attached hydrogens (tertiary/aromatic N) is 1. The largest absolute Gasteiger partial charge is 0.481 e. The number of carboxylic acid groups (broad SMARTS) is 1. The molecule has 0 aliphatic carbocycles. The predicted octanol–water partition coefficient (Wildman–Crippen LogP) is 1.72. The zero-order valence-electron chi connectivity index (χ0n) is 16.8. The highest BCUT2D eigenvalue weighted by Crippen LogP contribution is 2.21. The summed E-state index contributed by atoms with van der Waals surface area (Å²) in [6.45, 7) is -0.0736. The molecule has 7 N–H and O–H groups in total. The lowest BCUT2D eigenvalue weighted by atomic mass is 10.0. The van der Waals surface area contributed by atoms with Crippen molar-refractivity contribution >= 4 is 35.1 Å². The van der Waals surface area contributed by atoms with E-state index in [9.17, 15) is 24.5 Å². The molecule has 2 rings (SSSR count). The van der Waals surface area contributed by atoms with Gasteiger partial charge in [-0.3, -0.25) is 25.1 Å². The van der Waals surface area contributed by atoms with Gasteiger partial charge in [0.2, 0.25) is 5.91 Å². The number of anilines is 1. The number of carbonyl (C=O) groups excluding carboxylic acids is 2. The molecule has 12 heteroatoms. The summed E-state index contributed by atoms with van der Waals surface area (Å²) in [4.78, 5) is 45.6. The van der Waals surface area contributed by atoms with Crippen molar-refractivity contribution < 1.29 is 24.4 Å². The molecular weight excluding hydrogens is 420 g/mol. The van der Waals surface area contributed by atoms with Crippen LogP contribution in [0.4, 0.5) is 16.2 Å². The van der Waals surface area contributed by atoms with E-state index in [1.807, 2.05) is 0 Å². The summed E-state index contributed by atoms with van der Waals surface area (Å²) in [5, 5.41) is 34.6. The first-order chi connectivity index (χ1) is 15.2. The summed E-state index contributed by atoms with van der Waals surface area (Å²) < 4.78 is 0. The van der Waals surface area contributed by atoms with Gasteiger partial charge in [-0.1, -0.05) is 12.1 Å². The van der Waals surface area contributed by atoms with Crippen LogP contribution < -0.4 is 21.7 Å². The first-order valence-electron chi connectivity index (χ1n) is 9.40. The topological polar surface area (TPSA) is 201 Å². The number of carboxylic acids is 1. The van der Waals surface area contributed by atoms with Gasteiger partial charge in [-0.25, -0.2) is 4.79 Å². The molecule has 1 atom stereocenters. The summed E-state index contributed by atoms with van der Waals surface area (Å²) in [5.41, 5.74) is 6.60. The van der Waals surface area contributed by atoms with Crippen molar-refractivity contribution in [2.45, 2.75) is 18.9 Å². The smallest absolute Gasteiger partial charge is 0.319 e. The minimum Gasteiger partial charge on any atom is -0.481 e. The number of nitro benzene ring substituents is 1. The Bertz CT molecular complexity index is 1010. The highest BCUT2D eigenvalue weighted by molar-refractivity contribution is 5.96. The maximum absolute atomic E-state index is 12.5. The molecule has 0 aliphatic rings. The number of non-ortho nitro benzene ring substituents is 1. The van der Waals surface area contributed by atoms with Crippen molar-refractivity contribution in [3.05, 3.63) is 69.8 Å². The Labute approximate surface area is 182 Å². The van der Waals surface area contributed by atoms with Crippen LogP contribution in [-0.4, -0.2) is 40.3 Å². The molecule has 0 aliphatic heterocycles. The lowest BCUT2D eigenvalue weighted by Crippen LogP contribution is -2.36. The third-order valence-corrected chi connectivity index (χ3v) is 4.32. The highest BCUT2D eigenvalue weighted by atomic mass is 16.6. The summed E-state index contributed by atoms with van der Waals surface area (Å²) in [6.07, 6.45) is -0.466. The molecule has 32 heavy (non-hydrogen) atoms. The summed E-state index contributed by atoms with van der Waals surface area (Å²) in [5.74, 6) is -1.68. The van der Waals surface area contributed by atoms with Crippen molar-refractivity contribution in [3.63, 3.8) is 0 Å². The Morgan fingerprint density at radius 1 is 1.09 bits per heavy atom. The summed E-state index contributed by atoms with van der Waals surface area (Å²) >= 11 is 0. The first kappa shape index (κ1) is 23.8. The molecule has 0 heterocycles. The number of nitro groups is 1. The molecule has 168 valence electrons. The van der Waals surface area contributed by atoms with Crippen molar-refractivity contribution in [1.29, 1.82) is 5.41 Å². The predicted molar refractivity (Wildman–Crippen MR) is 115 cm³/mol. The SMILES string of the molecule is N=C(N)c1ccc(NC(=O)NC(CC(=O)NCCC(=O)O)c2ccc([N+](=O)[O-])cc2)cc1. The minimum absolute atomic E-state index is 0.0736. The second kappa shape index (κ2) is 11.1. The average molecular weight is 442 g/mol. The number of urea groups is 1. The number of nitrogen functional groups attached to an aromatic ring is 1. The average Bonchev–Trinajstić information content (AvgIpc) is 2.73. The quantitative estimate of drug-likeness (QED) is 0.139. The Balaban J connectivity index is 2.10. The van der Waals surface area contributed by atoms with Crippen LogP contribution in [0, 0.1) is 15.5 Å². The number of rotatable bonds is 10. The van der Waals surface area contributed by atoms with Crippen molar-refractivity contribution in [2.75, 3.05) is 11.9 Å². The molecule has 0 spiro atoms. The summed E-state index contributed by atoms with van der Waals surface area (Å²) in [6, 6.07) is 10.1. The normalized spacial score (nSPS) is 11.1. The van der Waals surface area contributed by atoms with Crippen molar-refractivity contribution in [1.82, 2.24) is 10.6 Å². The van der Waals surface area contributed by atoms with Gasteiger partial charge in [0.25, 0.3) is 5.69 Å². The molecule has 12 nitrogen and oxygen atoms in total. The van der Waals surface area contributed by atoms with Crippen LogP contribution in [0.3, 0.4) is 0 Å². The fraction of sp³-hybridized carbons (Fsp3) is 0.200. The van der Waals surface area contributed by atoms with Gasteiger partial charge in [0.1, 0.15) is 5.84 Å². The standard InChI is InChI=1S/C20H22N6O6/c21-19(22)13-1-5-14(6-2-13)24-20(30)25-16(11-17(27)23-10-9-18(28)29)12-3-7-15(8-4-12)26(31)32/h1-8,16H,9-11H2,(H3,21,22)(H,23,27)(H,28,29)(H2,24,25,30). The van der Waals surface area contributed by atoms with Gasteiger partial charge >= 0.3 is 12.0 Å². The van der Waals surface area contributed by atoms with Crippen LogP contribution in [-0.2, 0) is 9.59 Å². The molecule has 0 aromatic heterocycles. The second-order valence-corrected chi connectivity index (χ2v) is 6.69. The third-order valence-electron chi connectivity index (χ3n) is 4.32. The van der Waals surface area contributed by atoms with E-state index in [0.717, 1.165) is 0 Å². The fourth-order valence-electron chi connectivity index (χ4n) is 2.71. The molecule has 0 radical (unpaired) electrons. The van der Waals surface area contributed by atoms with Crippen LogP contribution in [0.2, 0.25) is 0 Å². The van der Waals surface area contributed by atoms with Crippen LogP contribution >= 0.6 is 0 Å². The molecule has 0 saturated carbocycles. The Hall–Kier alpha value is -4.48. The van der Waals surface area contributed by atoms with E-state index < -0.39 is 28.9 Å². The van der Waals surface area contributed by atoms with Gasteiger partial charge in [0, 0.05) is 29.9 Å². The van der Waals surface area contributed by atoms with E-state index >= 15 is 0 Å². The third kappa shape index (κ3) is 7.40. The molecule has 0 bridgehead atoms. The maximum atomic E-state index is 12.5. The minimum atomic E-state index is -1.06. The van der Waals surface area contributed by atoms with Gasteiger partial charge in [-0.15, -0.1) is 0 Å². The number of amides is 3. The number of aliphatic carboxylic acids is 1. The number of nitrogens with two attached hydrogens (primary N) is 1. The van der Waals surface area contributed by atoms with E-state index in [2.05, 4.69) is 16.0 Å². The maximum Gasteiger partial charge on any atom is 0.319 e. The van der Waals surface area contributed by atoms with Gasteiger partial charge in [0.15, 0.2) is 0 Å². The Morgan fingerprint density at radius 2 is 1.72 bits per heavy atom. The number of benzene rings is 2. The molecule has 3 amide bonds. The van der Waals surface area contributed by atoms with Crippen LogP contribution in [0.5, 0.6) is 0 Å². The highest BCUT2D eigenvalue weighted by Gasteiger charge is 2.20. The van der Waals surface area contributed by atoms with Gasteiger partial charge in [0.05, 0.1) is 23.8 Å². The monoisotopic (exact) mass is 442 g/mol. The van der Waals surface area contributed by atoms with E-state index in [0.29, 0.717) is 16.8 Å². The molecule has 1 unspecified atom stereocenters. The fourth-order valence-corrected chi connectivity index (χ4v) is 2.71. The van der Waals surface area contributed by atoms with E-state index in [1.165, 1.54) is 24.3 Å². The second-order valence-electron chi connectivity index (χ2n) is 6.69. The molecule has 0 fully saturated rings. The van der Waals surface area contributed by atoms with Gasteiger partial charge in [-0.05, 0) is 29.8 Å². The molecule has 0 saturated heterocycles. The molecule has 2 aromatic rings. The van der Waals surface area contributed by atoms with E-state index in [-0.39, 0.29) is 30.9 Å². The number of carbonyl (C=O) groups is 3. The Kier molecular flexibility index (Phi) is 8.22. The zero-order valence-corrected chi connectivity index (χ0v) is 16.8. The Morgan fingerprint density at radius 3 is 2.25 bits per heavy atom. The molecule has 2 aromatic carbocycles. The first-order valence-corrected chi connectivity index (χ1v) is 9.40. The van der Waals surface area contributed by atoms with Crippen LogP contribution in [0.1, 0.15) is 30.0 Å². The lowest BCUT2D eigenvalue weighted by molar-refractivity contribution is -0.384. The van der Waals surface area contributed by atoms with Crippen LogP contribution in [0.25, 0.3) is 0 Å².